The molecular formula is C15H26N4O2. The van der Waals surface area contributed by atoms with E-state index in [2.05, 4.69) is 29.0 Å². The lowest BCUT2D eigenvalue weighted by Gasteiger charge is -2.25. The summed E-state index contributed by atoms with van der Waals surface area (Å²) >= 11 is 0. The third kappa shape index (κ3) is 5.21. The molecule has 1 rings (SSSR count). The van der Waals surface area contributed by atoms with Crippen molar-refractivity contribution in [3.63, 3.8) is 0 Å². The lowest BCUT2D eigenvalue weighted by molar-refractivity contribution is -0.384. The predicted octanol–water partition coefficient (Wildman–Crippen LogP) is 3.68. The molecule has 0 aliphatic carbocycles. The fourth-order valence-electron chi connectivity index (χ4n) is 2.00. The van der Waals surface area contributed by atoms with Crippen LogP contribution in [-0.4, -0.2) is 29.5 Å². The minimum atomic E-state index is -0.362. The monoisotopic (exact) mass is 294 g/mol. The van der Waals surface area contributed by atoms with Crippen molar-refractivity contribution in [1.29, 1.82) is 0 Å². The Bertz CT molecular complexity index is 465. The number of hydrogen-bond acceptors (Lipinski definition) is 5. The van der Waals surface area contributed by atoms with Crippen molar-refractivity contribution in [2.75, 3.05) is 29.9 Å². The molecule has 0 spiro atoms. The summed E-state index contributed by atoms with van der Waals surface area (Å²) < 4.78 is 0. The number of nitro groups is 1. The molecule has 118 valence electrons. The van der Waals surface area contributed by atoms with Crippen molar-refractivity contribution in [3.05, 3.63) is 22.2 Å². The Morgan fingerprint density at radius 2 is 2.10 bits per heavy atom. The van der Waals surface area contributed by atoms with E-state index in [4.69, 9.17) is 0 Å². The van der Waals surface area contributed by atoms with Gasteiger partial charge in [0.25, 0.3) is 5.69 Å². The van der Waals surface area contributed by atoms with E-state index in [9.17, 15) is 10.1 Å². The normalized spacial score (nSPS) is 12.0. The first-order valence-electron chi connectivity index (χ1n) is 7.67. The van der Waals surface area contributed by atoms with Crippen molar-refractivity contribution in [2.45, 2.75) is 40.5 Å². The Balaban J connectivity index is 3.06. The summed E-state index contributed by atoms with van der Waals surface area (Å²) in [6.07, 6.45) is 2.02. The van der Waals surface area contributed by atoms with Gasteiger partial charge in [-0.3, -0.25) is 10.1 Å². The quantitative estimate of drug-likeness (QED) is 0.555. The lowest BCUT2D eigenvalue weighted by Crippen LogP contribution is -2.29. The first-order chi connectivity index (χ1) is 10.0. The van der Waals surface area contributed by atoms with Gasteiger partial charge in [-0.05, 0) is 19.3 Å². The number of pyridine rings is 1. The summed E-state index contributed by atoms with van der Waals surface area (Å²) in [5.74, 6) is 1.77. The Labute approximate surface area is 126 Å². The van der Waals surface area contributed by atoms with Crippen LogP contribution in [0.25, 0.3) is 0 Å². The van der Waals surface area contributed by atoms with Gasteiger partial charge in [0.05, 0.1) is 17.1 Å². The van der Waals surface area contributed by atoms with E-state index in [0.717, 1.165) is 32.5 Å². The first kappa shape index (κ1) is 17.2. The van der Waals surface area contributed by atoms with Gasteiger partial charge in [-0.15, -0.1) is 0 Å². The molecule has 0 amide bonds. The maximum Gasteiger partial charge on any atom is 0.276 e. The molecule has 1 N–H and O–H groups in total. The number of anilines is 2. The van der Waals surface area contributed by atoms with E-state index in [1.54, 1.807) is 6.07 Å². The van der Waals surface area contributed by atoms with E-state index in [1.807, 2.05) is 13.8 Å². The predicted molar refractivity (Wildman–Crippen MR) is 87.0 cm³/mol. The Hall–Kier alpha value is -1.85. The molecule has 1 aromatic heterocycles. The number of nitrogens with zero attached hydrogens (tertiary/aromatic N) is 3. The van der Waals surface area contributed by atoms with Gasteiger partial charge >= 0.3 is 0 Å². The molecule has 1 heterocycles. The highest BCUT2D eigenvalue weighted by Gasteiger charge is 2.16. The number of nitrogens with one attached hydrogen (secondary N) is 1. The molecule has 1 unspecified atom stereocenters. The summed E-state index contributed by atoms with van der Waals surface area (Å²) in [7, 11) is 0. The standard InChI is InChI=1S/C15H26N4O2/c1-5-8-16-14-9-13(19(20)21)10-15(17-14)18(7-3)11-12(4)6-2/h9-10,12H,5-8,11H2,1-4H3,(H,16,17). The molecule has 0 radical (unpaired) electrons. The van der Waals surface area contributed by atoms with Gasteiger partial charge in [-0.1, -0.05) is 27.2 Å². The summed E-state index contributed by atoms with van der Waals surface area (Å²) in [5.41, 5.74) is 0.0844. The molecule has 0 aliphatic rings. The van der Waals surface area contributed by atoms with Crippen LogP contribution in [0.1, 0.15) is 40.5 Å². The van der Waals surface area contributed by atoms with E-state index >= 15 is 0 Å². The second kappa shape index (κ2) is 8.44. The smallest absolute Gasteiger partial charge is 0.276 e. The van der Waals surface area contributed by atoms with Crippen LogP contribution in [0.15, 0.2) is 12.1 Å². The maximum absolute atomic E-state index is 11.1. The van der Waals surface area contributed by atoms with Crippen LogP contribution in [-0.2, 0) is 0 Å². The van der Waals surface area contributed by atoms with Crippen LogP contribution in [0, 0.1) is 16.0 Å². The van der Waals surface area contributed by atoms with Crippen LogP contribution < -0.4 is 10.2 Å². The molecule has 21 heavy (non-hydrogen) atoms. The second-order valence-corrected chi connectivity index (χ2v) is 5.30. The largest absolute Gasteiger partial charge is 0.370 e. The molecule has 0 aromatic carbocycles. The lowest BCUT2D eigenvalue weighted by atomic mass is 10.1. The van der Waals surface area contributed by atoms with Gasteiger partial charge in [0, 0.05) is 19.6 Å². The van der Waals surface area contributed by atoms with Crippen LogP contribution >= 0.6 is 0 Å². The van der Waals surface area contributed by atoms with Gasteiger partial charge in [0.1, 0.15) is 11.6 Å². The molecule has 6 heteroatoms. The summed E-state index contributed by atoms with van der Waals surface area (Å²) in [5, 5.41) is 14.2. The molecular weight excluding hydrogens is 268 g/mol. The zero-order valence-corrected chi connectivity index (χ0v) is 13.4. The molecule has 1 aromatic rings. The van der Waals surface area contributed by atoms with Crippen LogP contribution in [0.3, 0.4) is 0 Å². The average molecular weight is 294 g/mol. The minimum Gasteiger partial charge on any atom is -0.370 e. The highest BCUT2D eigenvalue weighted by Crippen LogP contribution is 2.24. The third-order valence-corrected chi connectivity index (χ3v) is 3.50. The molecule has 0 bridgehead atoms. The van der Waals surface area contributed by atoms with Crippen molar-refractivity contribution in [1.82, 2.24) is 4.98 Å². The Morgan fingerprint density at radius 3 is 2.62 bits per heavy atom. The molecule has 6 nitrogen and oxygen atoms in total. The van der Waals surface area contributed by atoms with Gasteiger partial charge < -0.3 is 10.2 Å². The van der Waals surface area contributed by atoms with E-state index in [1.165, 1.54) is 6.07 Å². The van der Waals surface area contributed by atoms with Crippen molar-refractivity contribution in [3.8, 4) is 0 Å². The Kier molecular flexibility index (Phi) is 6.91. The third-order valence-electron chi connectivity index (χ3n) is 3.50. The fourth-order valence-corrected chi connectivity index (χ4v) is 2.00. The van der Waals surface area contributed by atoms with Gasteiger partial charge in [-0.25, -0.2) is 4.98 Å². The topological polar surface area (TPSA) is 71.3 Å². The van der Waals surface area contributed by atoms with Gasteiger partial charge in [0.15, 0.2) is 0 Å². The second-order valence-electron chi connectivity index (χ2n) is 5.30. The van der Waals surface area contributed by atoms with Crippen molar-refractivity contribution < 1.29 is 4.92 Å². The highest BCUT2D eigenvalue weighted by atomic mass is 16.6. The average Bonchev–Trinajstić information content (AvgIpc) is 2.49. The highest BCUT2D eigenvalue weighted by molar-refractivity contribution is 5.55. The number of aromatic nitrogens is 1. The van der Waals surface area contributed by atoms with Crippen LogP contribution in [0.5, 0.6) is 0 Å². The summed E-state index contributed by atoms with van der Waals surface area (Å²) in [6, 6.07) is 3.05. The molecule has 0 fully saturated rings. The molecule has 0 saturated heterocycles. The molecule has 0 aliphatic heterocycles. The van der Waals surface area contributed by atoms with E-state index in [-0.39, 0.29) is 10.6 Å². The maximum atomic E-state index is 11.1. The number of rotatable bonds is 9. The van der Waals surface area contributed by atoms with Gasteiger partial charge in [0.2, 0.25) is 0 Å². The van der Waals surface area contributed by atoms with Crippen molar-refractivity contribution >= 4 is 17.3 Å². The van der Waals surface area contributed by atoms with Crippen LogP contribution in [0.4, 0.5) is 17.3 Å². The van der Waals surface area contributed by atoms with E-state index in [0.29, 0.717) is 17.6 Å². The first-order valence-corrected chi connectivity index (χ1v) is 7.67. The zero-order valence-electron chi connectivity index (χ0n) is 13.4. The zero-order chi connectivity index (χ0) is 15.8. The summed E-state index contributed by atoms with van der Waals surface area (Å²) in [6.45, 7) is 10.8. The number of hydrogen-bond donors (Lipinski definition) is 1. The van der Waals surface area contributed by atoms with Crippen molar-refractivity contribution in [2.24, 2.45) is 5.92 Å². The Morgan fingerprint density at radius 1 is 1.38 bits per heavy atom. The van der Waals surface area contributed by atoms with E-state index < -0.39 is 0 Å². The van der Waals surface area contributed by atoms with Crippen LogP contribution in [0.2, 0.25) is 0 Å². The molecule has 1 atom stereocenters. The summed E-state index contributed by atoms with van der Waals surface area (Å²) in [4.78, 5) is 17.4. The SMILES string of the molecule is CCCNc1cc([N+](=O)[O-])cc(N(CC)CC(C)CC)n1. The van der Waals surface area contributed by atoms with Gasteiger partial charge in [-0.2, -0.15) is 0 Å². The minimum absolute atomic E-state index is 0.0844. The molecule has 0 saturated carbocycles. The fraction of sp³-hybridized carbons (Fsp3) is 0.667.